The molecule has 1 atom stereocenters. The van der Waals surface area contributed by atoms with E-state index >= 15 is 0 Å². The number of rotatable bonds is 3. The second-order valence-corrected chi connectivity index (χ2v) is 7.88. The number of hydrazone groups is 1. The van der Waals surface area contributed by atoms with E-state index in [9.17, 15) is 0 Å². The highest BCUT2D eigenvalue weighted by Gasteiger charge is 2.30. The molecule has 1 heterocycles. The molecule has 0 saturated heterocycles. The van der Waals surface area contributed by atoms with E-state index in [1.165, 1.54) is 0 Å². The second-order valence-electron chi connectivity index (χ2n) is 6.12. The Morgan fingerprint density at radius 2 is 1.58 bits per heavy atom. The summed E-state index contributed by atoms with van der Waals surface area (Å²) in [5, 5.41) is 8.35. The van der Waals surface area contributed by atoms with Gasteiger partial charge in [-0.25, -0.2) is 0 Å². The van der Waals surface area contributed by atoms with E-state index < -0.39 is 0 Å². The van der Waals surface area contributed by atoms with E-state index in [0.717, 1.165) is 38.4 Å². The maximum atomic E-state index is 6.46. The summed E-state index contributed by atoms with van der Waals surface area (Å²) in [4.78, 5) is 0. The van der Waals surface area contributed by atoms with Crippen molar-refractivity contribution in [2.24, 2.45) is 5.10 Å². The number of hydrogen-bond donors (Lipinski definition) is 0. The van der Waals surface area contributed by atoms with Gasteiger partial charge in [0.25, 0.3) is 0 Å². The van der Waals surface area contributed by atoms with Gasteiger partial charge in [0.2, 0.25) is 0 Å². The third kappa shape index (κ3) is 3.52. The van der Waals surface area contributed by atoms with Gasteiger partial charge in [-0.15, -0.1) is 0 Å². The first-order valence-electron chi connectivity index (χ1n) is 8.24. The summed E-state index contributed by atoms with van der Waals surface area (Å²) in [5.74, 6) is 0. The zero-order valence-electron chi connectivity index (χ0n) is 13.7. The number of para-hydroxylation sites is 1. The van der Waals surface area contributed by atoms with Gasteiger partial charge in [-0.3, -0.25) is 5.01 Å². The van der Waals surface area contributed by atoms with Gasteiger partial charge in [0.1, 0.15) is 0 Å². The predicted molar refractivity (Wildman–Crippen MR) is 113 cm³/mol. The van der Waals surface area contributed by atoms with Crippen LogP contribution in [0.2, 0.25) is 10.0 Å². The minimum Gasteiger partial charge on any atom is -0.256 e. The molecule has 130 valence electrons. The standard InChI is InChI=1S/C21H15BrCl2N2/c22-16-9-5-14(6-10-16)19-13-21(15-7-11-17(23)12-8-15)26(25-19)20-4-2-1-3-18(20)24/h1-12,21H,13H2. The SMILES string of the molecule is Clc1ccc(C2CC(c3ccc(Br)cc3)=NN2c2ccccc2Cl)cc1. The average Bonchev–Trinajstić information content (AvgIpc) is 3.08. The molecule has 0 aliphatic carbocycles. The first kappa shape index (κ1) is 17.6. The molecule has 3 aromatic carbocycles. The van der Waals surface area contributed by atoms with Crippen LogP contribution >= 0.6 is 39.1 Å². The fourth-order valence-corrected chi connectivity index (χ4v) is 3.74. The number of nitrogens with zero attached hydrogens (tertiary/aromatic N) is 2. The molecule has 0 spiro atoms. The maximum absolute atomic E-state index is 6.46. The van der Waals surface area contributed by atoms with Gasteiger partial charge < -0.3 is 0 Å². The summed E-state index contributed by atoms with van der Waals surface area (Å²) in [7, 11) is 0. The van der Waals surface area contributed by atoms with Crippen LogP contribution in [-0.2, 0) is 0 Å². The molecule has 2 nitrogen and oxygen atoms in total. The van der Waals surface area contributed by atoms with Crippen LogP contribution in [0.4, 0.5) is 5.69 Å². The second kappa shape index (κ2) is 7.43. The van der Waals surface area contributed by atoms with Gasteiger partial charge in [-0.1, -0.05) is 75.5 Å². The van der Waals surface area contributed by atoms with E-state index in [-0.39, 0.29) is 6.04 Å². The third-order valence-corrected chi connectivity index (χ3v) is 5.54. The van der Waals surface area contributed by atoms with Gasteiger partial charge >= 0.3 is 0 Å². The molecular weight excluding hydrogens is 431 g/mol. The van der Waals surface area contributed by atoms with Gasteiger partial charge in [0, 0.05) is 15.9 Å². The number of anilines is 1. The number of hydrogen-bond acceptors (Lipinski definition) is 2. The summed E-state index contributed by atoms with van der Waals surface area (Å²) < 4.78 is 1.05. The zero-order chi connectivity index (χ0) is 18.1. The Morgan fingerprint density at radius 1 is 0.885 bits per heavy atom. The number of benzene rings is 3. The van der Waals surface area contributed by atoms with Crippen LogP contribution in [0.1, 0.15) is 23.6 Å². The van der Waals surface area contributed by atoms with E-state index in [0.29, 0.717) is 5.02 Å². The summed E-state index contributed by atoms with van der Waals surface area (Å²) in [6, 6.07) is 24.0. The van der Waals surface area contributed by atoms with E-state index in [1.807, 2.05) is 53.5 Å². The van der Waals surface area contributed by atoms with Gasteiger partial charge in [0.15, 0.2) is 0 Å². The fourth-order valence-electron chi connectivity index (χ4n) is 3.13. The van der Waals surface area contributed by atoms with Crippen molar-refractivity contribution in [3.05, 3.63) is 98.4 Å². The van der Waals surface area contributed by atoms with Crippen LogP contribution in [0, 0.1) is 0 Å². The Labute approximate surface area is 171 Å². The quantitative estimate of drug-likeness (QED) is 0.419. The van der Waals surface area contributed by atoms with Crippen molar-refractivity contribution in [2.75, 3.05) is 5.01 Å². The molecule has 0 radical (unpaired) electrons. The molecule has 0 saturated carbocycles. The highest BCUT2D eigenvalue weighted by molar-refractivity contribution is 9.10. The van der Waals surface area contributed by atoms with Crippen LogP contribution < -0.4 is 5.01 Å². The van der Waals surface area contributed by atoms with Crippen molar-refractivity contribution in [3.8, 4) is 0 Å². The Balaban J connectivity index is 1.77. The number of halogens is 3. The molecule has 4 rings (SSSR count). The zero-order valence-corrected chi connectivity index (χ0v) is 16.8. The molecule has 3 aromatic rings. The van der Waals surface area contributed by atoms with Crippen molar-refractivity contribution in [2.45, 2.75) is 12.5 Å². The van der Waals surface area contributed by atoms with Crippen LogP contribution in [0.15, 0.2) is 82.4 Å². The van der Waals surface area contributed by atoms with E-state index in [1.54, 1.807) is 0 Å². The molecule has 0 bridgehead atoms. The largest absolute Gasteiger partial charge is 0.256 e. The lowest BCUT2D eigenvalue weighted by atomic mass is 9.98. The average molecular weight is 446 g/mol. The maximum Gasteiger partial charge on any atom is 0.0832 e. The first-order valence-corrected chi connectivity index (χ1v) is 9.79. The summed E-state index contributed by atoms with van der Waals surface area (Å²) >= 11 is 16.0. The van der Waals surface area contributed by atoms with Crippen LogP contribution in [0.25, 0.3) is 0 Å². The van der Waals surface area contributed by atoms with Crippen molar-refractivity contribution >= 4 is 50.5 Å². The normalized spacial score (nSPS) is 16.7. The molecule has 0 N–H and O–H groups in total. The molecule has 1 unspecified atom stereocenters. The predicted octanol–water partition coefficient (Wildman–Crippen LogP) is 7.11. The lowest BCUT2D eigenvalue weighted by Crippen LogP contribution is -2.18. The van der Waals surface area contributed by atoms with Gasteiger partial charge in [-0.2, -0.15) is 5.10 Å². The summed E-state index contributed by atoms with van der Waals surface area (Å²) in [6.45, 7) is 0. The molecule has 26 heavy (non-hydrogen) atoms. The smallest absolute Gasteiger partial charge is 0.0832 e. The molecular formula is C21H15BrCl2N2. The van der Waals surface area contributed by atoms with E-state index in [2.05, 4.69) is 40.2 Å². The summed E-state index contributed by atoms with van der Waals surface area (Å²) in [5.41, 5.74) is 4.21. The van der Waals surface area contributed by atoms with Crippen molar-refractivity contribution in [1.29, 1.82) is 0 Å². The molecule has 5 heteroatoms. The van der Waals surface area contributed by atoms with Crippen molar-refractivity contribution in [1.82, 2.24) is 0 Å². The Bertz CT molecular complexity index is 953. The lowest BCUT2D eigenvalue weighted by molar-refractivity contribution is 0.709. The molecule has 0 aromatic heterocycles. The third-order valence-electron chi connectivity index (χ3n) is 4.44. The minimum atomic E-state index is 0.0748. The van der Waals surface area contributed by atoms with Crippen molar-refractivity contribution < 1.29 is 0 Å². The Morgan fingerprint density at radius 3 is 2.27 bits per heavy atom. The van der Waals surface area contributed by atoms with E-state index in [4.69, 9.17) is 28.3 Å². The van der Waals surface area contributed by atoms with Crippen LogP contribution in [0.5, 0.6) is 0 Å². The molecule has 1 aliphatic rings. The molecule has 0 fully saturated rings. The highest BCUT2D eigenvalue weighted by atomic mass is 79.9. The molecule has 1 aliphatic heterocycles. The Hall–Kier alpha value is -1.81. The highest BCUT2D eigenvalue weighted by Crippen LogP contribution is 2.39. The first-order chi connectivity index (χ1) is 12.6. The monoisotopic (exact) mass is 444 g/mol. The minimum absolute atomic E-state index is 0.0748. The van der Waals surface area contributed by atoms with Gasteiger partial charge in [-0.05, 0) is 47.5 Å². The Kier molecular flexibility index (Phi) is 5.03. The fraction of sp³-hybridized carbons (Fsp3) is 0.0952. The molecule has 0 amide bonds. The summed E-state index contributed by atoms with van der Waals surface area (Å²) in [6.07, 6.45) is 0.800. The lowest BCUT2D eigenvalue weighted by Gasteiger charge is -2.24. The van der Waals surface area contributed by atoms with Crippen LogP contribution in [-0.4, -0.2) is 5.71 Å². The van der Waals surface area contributed by atoms with Gasteiger partial charge in [0.05, 0.1) is 22.5 Å². The van der Waals surface area contributed by atoms with Crippen molar-refractivity contribution in [3.63, 3.8) is 0 Å². The van der Waals surface area contributed by atoms with Crippen LogP contribution in [0.3, 0.4) is 0 Å². The topological polar surface area (TPSA) is 15.6 Å².